The first-order valence-corrected chi connectivity index (χ1v) is 6.61. The fraction of sp³-hybridized carbons (Fsp3) is 0.615. The summed E-state index contributed by atoms with van der Waals surface area (Å²) in [5.41, 5.74) is 0. The number of rotatable bonds is 2. The van der Waals surface area contributed by atoms with E-state index in [1.165, 1.54) is 25.9 Å². The van der Waals surface area contributed by atoms with Crippen molar-refractivity contribution in [3.05, 3.63) is 24.3 Å². The molecule has 0 aromatic carbocycles. The van der Waals surface area contributed by atoms with Crippen LogP contribution in [0.15, 0.2) is 18.5 Å². The van der Waals surface area contributed by atoms with Crippen molar-refractivity contribution in [2.24, 2.45) is 5.92 Å². The molecule has 4 rings (SSSR count). The van der Waals surface area contributed by atoms with Gasteiger partial charge in [0.1, 0.15) is 0 Å². The molecule has 3 fully saturated rings. The van der Waals surface area contributed by atoms with Crippen LogP contribution in [0.3, 0.4) is 0 Å². The second-order valence-corrected chi connectivity index (χ2v) is 5.22. The summed E-state index contributed by atoms with van der Waals surface area (Å²) >= 11 is 0. The van der Waals surface area contributed by atoms with Crippen LogP contribution in [-0.4, -0.2) is 46.5 Å². The Morgan fingerprint density at radius 1 is 1.28 bits per heavy atom. The van der Waals surface area contributed by atoms with Crippen LogP contribution in [0.2, 0.25) is 0 Å². The number of nitrogens with one attached hydrogen (secondary N) is 1. The van der Waals surface area contributed by atoms with Gasteiger partial charge in [0.25, 0.3) is 5.91 Å². The lowest BCUT2D eigenvalue weighted by atomic mass is 9.94. The second kappa shape index (κ2) is 5.02. The molecule has 18 heavy (non-hydrogen) atoms. The zero-order valence-electron chi connectivity index (χ0n) is 10.4. The van der Waals surface area contributed by atoms with E-state index >= 15 is 0 Å². The van der Waals surface area contributed by atoms with Crippen molar-refractivity contribution in [3.8, 4) is 0 Å². The lowest BCUT2D eigenvalue weighted by Crippen LogP contribution is -2.42. The normalized spacial score (nSPS) is 30.8. The third-order valence-electron chi connectivity index (χ3n) is 3.91. The van der Waals surface area contributed by atoms with E-state index in [0.717, 1.165) is 18.9 Å². The molecule has 3 saturated heterocycles. The third-order valence-corrected chi connectivity index (χ3v) is 3.91. The van der Waals surface area contributed by atoms with Crippen molar-refractivity contribution in [1.29, 1.82) is 0 Å². The van der Waals surface area contributed by atoms with E-state index in [-0.39, 0.29) is 17.8 Å². The fourth-order valence-electron chi connectivity index (χ4n) is 2.96. The van der Waals surface area contributed by atoms with E-state index in [1.807, 2.05) is 0 Å². The molecular formula is C13H18N4O. The summed E-state index contributed by atoms with van der Waals surface area (Å²) in [7, 11) is 0. The molecule has 0 saturated carbocycles. The van der Waals surface area contributed by atoms with Gasteiger partial charge in [-0.15, -0.1) is 0 Å². The predicted molar refractivity (Wildman–Crippen MR) is 67.1 cm³/mol. The quantitative estimate of drug-likeness (QED) is 0.834. The van der Waals surface area contributed by atoms with E-state index in [4.69, 9.17) is 0 Å². The van der Waals surface area contributed by atoms with Gasteiger partial charge in [0.2, 0.25) is 5.82 Å². The number of nitrogens with zero attached hydrogens (tertiary/aromatic N) is 3. The molecule has 1 aromatic heterocycles. The molecule has 5 heteroatoms. The number of hydrogen-bond donors (Lipinski definition) is 1. The van der Waals surface area contributed by atoms with E-state index in [2.05, 4.69) is 20.2 Å². The Morgan fingerprint density at radius 3 is 2.72 bits per heavy atom. The SMILES string of the molecule is O=C(NC1CC2CCN(CC2)C1)c1ncccn1. The van der Waals surface area contributed by atoms with Crippen LogP contribution in [-0.2, 0) is 0 Å². The molecule has 0 spiro atoms. The number of piperidine rings is 1. The molecule has 3 aliphatic heterocycles. The Labute approximate surface area is 107 Å². The topological polar surface area (TPSA) is 58.1 Å². The van der Waals surface area contributed by atoms with Crippen molar-refractivity contribution >= 4 is 5.91 Å². The van der Waals surface area contributed by atoms with Crippen molar-refractivity contribution in [2.75, 3.05) is 19.6 Å². The van der Waals surface area contributed by atoms with Gasteiger partial charge < -0.3 is 10.2 Å². The summed E-state index contributed by atoms with van der Waals surface area (Å²) in [4.78, 5) is 22.4. The number of fused-ring (bicyclic) bond motifs is 4. The van der Waals surface area contributed by atoms with Crippen molar-refractivity contribution in [3.63, 3.8) is 0 Å². The van der Waals surface area contributed by atoms with Crippen molar-refractivity contribution in [2.45, 2.75) is 25.3 Å². The highest BCUT2D eigenvalue weighted by atomic mass is 16.2. The lowest BCUT2D eigenvalue weighted by Gasteiger charge is -2.26. The summed E-state index contributed by atoms with van der Waals surface area (Å²) in [6.07, 6.45) is 6.84. The van der Waals surface area contributed by atoms with E-state index in [1.54, 1.807) is 18.5 Å². The highest BCUT2D eigenvalue weighted by molar-refractivity contribution is 5.90. The van der Waals surface area contributed by atoms with Gasteiger partial charge in [-0.3, -0.25) is 4.79 Å². The van der Waals surface area contributed by atoms with Crippen LogP contribution in [0, 0.1) is 5.92 Å². The monoisotopic (exact) mass is 246 g/mol. The lowest BCUT2D eigenvalue weighted by molar-refractivity contribution is 0.0918. The molecule has 1 unspecified atom stereocenters. The van der Waals surface area contributed by atoms with Crippen LogP contribution in [0.4, 0.5) is 0 Å². The van der Waals surface area contributed by atoms with Gasteiger partial charge in [0.05, 0.1) is 0 Å². The molecule has 2 bridgehead atoms. The van der Waals surface area contributed by atoms with Gasteiger partial charge in [-0.1, -0.05) is 0 Å². The van der Waals surface area contributed by atoms with Gasteiger partial charge in [-0.05, 0) is 44.3 Å². The molecule has 1 N–H and O–H groups in total. The molecule has 96 valence electrons. The van der Waals surface area contributed by atoms with Crippen molar-refractivity contribution < 1.29 is 4.79 Å². The minimum absolute atomic E-state index is 0.150. The van der Waals surface area contributed by atoms with Crippen molar-refractivity contribution in [1.82, 2.24) is 20.2 Å². The molecule has 1 amide bonds. The summed E-state index contributed by atoms with van der Waals surface area (Å²) in [5.74, 6) is 0.887. The zero-order chi connectivity index (χ0) is 12.4. The number of carbonyl (C=O) groups excluding carboxylic acids is 1. The molecule has 0 radical (unpaired) electrons. The Balaban J connectivity index is 1.64. The van der Waals surface area contributed by atoms with Gasteiger partial charge in [0, 0.05) is 25.0 Å². The maximum Gasteiger partial charge on any atom is 0.289 e. The van der Waals surface area contributed by atoms with E-state index < -0.39 is 0 Å². The fourth-order valence-corrected chi connectivity index (χ4v) is 2.96. The number of aromatic nitrogens is 2. The average molecular weight is 246 g/mol. The Hall–Kier alpha value is -1.49. The summed E-state index contributed by atoms with van der Waals surface area (Å²) in [6, 6.07) is 1.96. The first-order valence-electron chi connectivity index (χ1n) is 6.61. The minimum Gasteiger partial charge on any atom is -0.345 e. The van der Waals surface area contributed by atoms with E-state index in [0.29, 0.717) is 0 Å². The summed E-state index contributed by atoms with van der Waals surface area (Å²) < 4.78 is 0. The molecule has 1 atom stereocenters. The largest absolute Gasteiger partial charge is 0.345 e. The molecule has 0 aliphatic carbocycles. The van der Waals surface area contributed by atoms with Gasteiger partial charge in [-0.2, -0.15) is 0 Å². The maximum atomic E-state index is 12.0. The number of carbonyl (C=O) groups is 1. The third kappa shape index (κ3) is 2.51. The maximum absolute atomic E-state index is 12.0. The zero-order valence-corrected chi connectivity index (χ0v) is 10.4. The Kier molecular flexibility index (Phi) is 3.23. The standard InChI is InChI=1S/C13H18N4O/c18-13(12-14-4-1-5-15-12)16-11-8-10-2-6-17(9-11)7-3-10/h1,4-5,10-11H,2-3,6-9H2,(H,16,18). The Bertz CT molecular complexity index is 400. The van der Waals surface area contributed by atoms with Gasteiger partial charge in [-0.25, -0.2) is 9.97 Å². The second-order valence-electron chi connectivity index (χ2n) is 5.22. The molecule has 5 nitrogen and oxygen atoms in total. The van der Waals surface area contributed by atoms with Crippen LogP contribution < -0.4 is 5.32 Å². The van der Waals surface area contributed by atoms with Gasteiger partial charge in [0.15, 0.2) is 0 Å². The van der Waals surface area contributed by atoms with Crippen LogP contribution in [0.25, 0.3) is 0 Å². The van der Waals surface area contributed by atoms with Crippen LogP contribution in [0.1, 0.15) is 29.9 Å². The Morgan fingerprint density at radius 2 is 2.00 bits per heavy atom. The first-order chi connectivity index (χ1) is 8.81. The minimum atomic E-state index is -0.150. The smallest absolute Gasteiger partial charge is 0.289 e. The molecule has 3 aliphatic rings. The first kappa shape index (κ1) is 11.6. The molecule has 4 heterocycles. The number of hydrogen-bond acceptors (Lipinski definition) is 4. The van der Waals surface area contributed by atoms with Crippen LogP contribution >= 0.6 is 0 Å². The summed E-state index contributed by atoms with van der Waals surface area (Å²) in [5, 5.41) is 3.07. The molecule has 1 aromatic rings. The number of amides is 1. The predicted octanol–water partition coefficient (Wildman–Crippen LogP) is 0.691. The van der Waals surface area contributed by atoms with E-state index in [9.17, 15) is 4.79 Å². The highest BCUT2D eigenvalue weighted by Crippen LogP contribution is 2.26. The van der Waals surface area contributed by atoms with Crippen LogP contribution in [0.5, 0.6) is 0 Å². The van der Waals surface area contributed by atoms with Gasteiger partial charge >= 0.3 is 0 Å². The summed E-state index contributed by atoms with van der Waals surface area (Å²) in [6.45, 7) is 3.33. The average Bonchev–Trinajstić information content (AvgIpc) is 2.72. The highest BCUT2D eigenvalue weighted by Gasteiger charge is 2.30. The molecular weight excluding hydrogens is 228 g/mol.